The number of alkyl halides is 3. The third-order valence-corrected chi connectivity index (χ3v) is 3.68. The number of nitrogens with zero attached hydrogens (tertiary/aromatic N) is 2. The van der Waals surface area contributed by atoms with Crippen LogP contribution in [0.4, 0.5) is 18.3 Å². The molecule has 0 aliphatic rings. The zero-order valence-corrected chi connectivity index (χ0v) is 13.0. The third-order valence-electron chi connectivity index (χ3n) is 2.78. The first-order valence-electron chi connectivity index (χ1n) is 6.87. The van der Waals surface area contributed by atoms with Crippen LogP contribution in [0, 0.1) is 0 Å². The van der Waals surface area contributed by atoms with Crippen molar-refractivity contribution < 1.29 is 22.7 Å². The molecule has 0 unspecified atom stereocenters. The van der Waals surface area contributed by atoms with Crippen LogP contribution < -0.4 is 10.1 Å². The van der Waals surface area contributed by atoms with E-state index in [2.05, 4.69) is 27.2 Å². The van der Waals surface area contributed by atoms with E-state index in [1.165, 1.54) is 23.5 Å². The third kappa shape index (κ3) is 5.51. The highest BCUT2D eigenvalue weighted by Gasteiger charge is 2.31. The first-order chi connectivity index (χ1) is 10.9. The standard InChI is InChI=1S/C14H14F3N3O2S/c1-2-3-4-11-19-20-13(23-11)18-12(21)9-5-7-10(8-6-9)22-14(15,16)17/h5-8H,2-4H2,1H3,(H,18,20,21). The summed E-state index contributed by atoms with van der Waals surface area (Å²) in [5, 5.41) is 11.6. The molecule has 2 rings (SSSR count). The zero-order chi connectivity index (χ0) is 16.9. The smallest absolute Gasteiger partial charge is 0.406 e. The lowest BCUT2D eigenvalue weighted by Crippen LogP contribution is -2.17. The summed E-state index contributed by atoms with van der Waals surface area (Å²) in [5.41, 5.74) is 0.199. The molecule has 0 saturated carbocycles. The van der Waals surface area contributed by atoms with Gasteiger partial charge in [0.2, 0.25) is 5.13 Å². The summed E-state index contributed by atoms with van der Waals surface area (Å²) in [6.07, 6.45) is -1.93. The minimum atomic E-state index is -4.76. The minimum Gasteiger partial charge on any atom is -0.406 e. The molecule has 1 heterocycles. The number of halogens is 3. The van der Waals surface area contributed by atoms with E-state index in [1.54, 1.807) is 0 Å². The van der Waals surface area contributed by atoms with E-state index >= 15 is 0 Å². The Labute approximate surface area is 134 Å². The van der Waals surface area contributed by atoms with E-state index in [1.807, 2.05) is 0 Å². The Kier molecular flexibility index (Phi) is 5.54. The summed E-state index contributed by atoms with van der Waals surface area (Å²) >= 11 is 1.28. The molecule has 1 amide bonds. The Morgan fingerprint density at radius 3 is 2.57 bits per heavy atom. The van der Waals surface area contributed by atoms with Crippen LogP contribution in [0.2, 0.25) is 0 Å². The number of carbonyl (C=O) groups excluding carboxylic acids is 1. The molecule has 0 saturated heterocycles. The highest BCUT2D eigenvalue weighted by atomic mass is 32.1. The Bertz CT molecular complexity index is 656. The van der Waals surface area contributed by atoms with Crippen molar-refractivity contribution in [3.63, 3.8) is 0 Å². The highest BCUT2D eigenvalue weighted by molar-refractivity contribution is 7.15. The Balaban J connectivity index is 1.96. The average Bonchev–Trinajstić information content (AvgIpc) is 2.91. The van der Waals surface area contributed by atoms with Crippen molar-refractivity contribution in [2.24, 2.45) is 0 Å². The topological polar surface area (TPSA) is 64.1 Å². The van der Waals surface area contributed by atoms with Gasteiger partial charge in [0, 0.05) is 12.0 Å². The molecule has 0 spiro atoms. The van der Waals surface area contributed by atoms with Crippen LogP contribution in [0.1, 0.15) is 35.1 Å². The van der Waals surface area contributed by atoms with Gasteiger partial charge in [0.05, 0.1) is 0 Å². The molecule has 5 nitrogen and oxygen atoms in total. The molecule has 1 aromatic heterocycles. The predicted octanol–water partition coefficient (Wildman–Crippen LogP) is 4.03. The lowest BCUT2D eigenvalue weighted by atomic mass is 10.2. The Morgan fingerprint density at radius 2 is 1.96 bits per heavy atom. The largest absolute Gasteiger partial charge is 0.573 e. The maximum Gasteiger partial charge on any atom is 0.573 e. The number of rotatable bonds is 6. The van der Waals surface area contributed by atoms with Gasteiger partial charge < -0.3 is 4.74 Å². The Hall–Kier alpha value is -2.16. The van der Waals surface area contributed by atoms with Gasteiger partial charge in [0.1, 0.15) is 10.8 Å². The SMILES string of the molecule is CCCCc1nnc(NC(=O)c2ccc(OC(F)(F)F)cc2)s1. The molecule has 0 radical (unpaired) electrons. The van der Waals surface area contributed by atoms with Crippen molar-refractivity contribution in [2.75, 3.05) is 5.32 Å². The van der Waals surface area contributed by atoms with Crippen LogP contribution in [0.5, 0.6) is 5.75 Å². The molecule has 1 N–H and O–H groups in total. The fraction of sp³-hybridized carbons (Fsp3) is 0.357. The van der Waals surface area contributed by atoms with Gasteiger partial charge in [-0.3, -0.25) is 10.1 Å². The number of carbonyl (C=O) groups is 1. The van der Waals surface area contributed by atoms with Crippen LogP contribution in [0.15, 0.2) is 24.3 Å². The van der Waals surface area contributed by atoms with Crippen molar-refractivity contribution >= 4 is 22.4 Å². The number of anilines is 1. The van der Waals surface area contributed by atoms with E-state index in [0.29, 0.717) is 5.13 Å². The summed E-state index contributed by atoms with van der Waals surface area (Å²) < 4.78 is 39.9. The fourth-order valence-electron chi connectivity index (χ4n) is 1.71. The molecule has 9 heteroatoms. The number of aromatic nitrogens is 2. The van der Waals surface area contributed by atoms with E-state index in [9.17, 15) is 18.0 Å². The molecular formula is C14H14F3N3O2S. The lowest BCUT2D eigenvalue weighted by Gasteiger charge is -2.08. The maximum absolute atomic E-state index is 12.1. The summed E-state index contributed by atoms with van der Waals surface area (Å²) in [6, 6.07) is 4.65. The summed E-state index contributed by atoms with van der Waals surface area (Å²) in [6.45, 7) is 2.07. The van der Waals surface area contributed by atoms with Gasteiger partial charge in [0.25, 0.3) is 5.91 Å². The van der Waals surface area contributed by atoms with Crippen molar-refractivity contribution in [1.29, 1.82) is 0 Å². The average molecular weight is 345 g/mol. The normalized spacial score (nSPS) is 11.3. The van der Waals surface area contributed by atoms with Gasteiger partial charge in [-0.1, -0.05) is 24.7 Å². The molecule has 0 aliphatic carbocycles. The summed E-state index contributed by atoms with van der Waals surface area (Å²) in [4.78, 5) is 12.0. The van der Waals surface area contributed by atoms with Crippen molar-refractivity contribution in [3.8, 4) is 5.75 Å². The molecule has 2 aromatic rings. The number of aryl methyl sites for hydroxylation is 1. The number of benzene rings is 1. The summed E-state index contributed by atoms with van der Waals surface area (Å²) in [5.74, 6) is -0.853. The molecule has 0 aliphatic heterocycles. The van der Waals surface area contributed by atoms with Crippen LogP contribution in [-0.2, 0) is 6.42 Å². The van der Waals surface area contributed by atoms with Gasteiger partial charge in [-0.05, 0) is 30.7 Å². The molecular weight excluding hydrogens is 331 g/mol. The molecule has 1 aromatic carbocycles. The van der Waals surface area contributed by atoms with Crippen molar-refractivity contribution in [3.05, 3.63) is 34.8 Å². The monoisotopic (exact) mass is 345 g/mol. The maximum atomic E-state index is 12.1. The number of ether oxygens (including phenoxy) is 1. The second-order valence-corrected chi connectivity index (χ2v) is 5.69. The van der Waals surface area contributed by atoms with E-state index in [4.69, 9.17) is 0 Å². The second kappa shape index (κ2) is 7.40. The number of hydrogen-bond acceptors (Lipinski definition) is 5. The van der Waals surface area contributed by atoms with E-state index < -0.39 is 12.3 Å². The zero-order valence-electron chi connectivity index (χ0n) is 12.2. The van der Waals surface area contributed by atoms with Crippen molar-refractivity contribution in [2.45, 2.75) is 32.5 Å². The number of amides is 1. The number of hydrogen-bond donors (Lipinski definition) is 1. The quantitative estimate of drug-likeness (QED) is 0.858. The molecule has 23 heavy (non-hydrogen) atoms. The van der Waals surface area contributed by atoms with Crippen LogP contribution in [0.3, 0.4) is 0 Å². The predicted molar refractivity (Wildman–Crippen MR) is 79.6 cm³/mol. The van der Waals surface area contributed by atoms with Gasteiger partial charge in [-0.15, -0.1) is 23.4 Å². The first kappa shape index (κ1) is 17.2. The lowest BCUT2D eigenvalue weighted by molar-refractivity contribution is -0.274. The van der Waals surface area contributed by atoms with Crippen LogP contribution in [0.25, 0.3) is 0 Å². The van der Waals surface area contributed by atoms with E-state index in [-0.39, 0.29) is 11.3 Å². The summed E-state index contributed by atoms with van der Waals surface area (Å²) in [7, 11) is 0. The molecule has 0 atom stereocenters. The van der Waals surface area contributed by atoms with Crippen LogP contribution in [-0.4, -0.2) is 22.5 Å². The van der Waals surface area contributed by atoms with Gasteiger partial charge in [-0.25, -0.2) is 0 Å². The number of nitrogens with one attached hydrogen (secondary N) is 1. The first-order valence-corrected chi connectivity index (χ1v) is 7.68. The number of unbranched alkanes of at least 4 members (excludes halogenated alkanes) is 1. The minimum absolute atomic E-state index is 0.199. The van der Waals surface area contributed by atoms with Gasteiger partial charge in [0.15, 0.2) is 0 Å². The second-order valence-electron chi connectivity index (χ2n) is 4.63. The molecule has 124 valence electrons. The fourth-order valence-corrected chi connectivity index (χ4v) is 2.49. The van der Waals surface area contributed by atoms with Gasteiger partial charge in [-0.2, -0.15) is 0 Å². The van der Waals surface area contributed by atoms with Crippen LogP contribution >= 0.6 is 11.3 Å². The molecule has 0 bridgehead atoms. The Morgan fingerprint density at radius 1 is 1.26 bits per heavy atom. The highest BCUT2D eigenvalue weighted by Crippen LogP contribution is 2.23. The molecule has 0 fully saturated rings. The van der Waals surface area contributed by atoms with Crippen molar-refractivity contribution in [1.82, 2.24) is 10.2 Å². The van der Waals surface area contributed by atoms with E-state index in [0.717, 1.165) is 36.4 Å². The van der Waals surface area contributed by atoms with Gasteiger partial charge >= 0.3 is 6.36 Å².